The van der Waals surface area contributed by atoms with Crippen LogP contribution in [0.4, 0.5) is 18.9 Å². The molecule has 246 valence electrons. The number of imidazole rings is 1. The van der Waals surface area contributed by atoms with Crippen molar-refractivity contribution in [3.8, 4) is 11.4 Å². The summed E-state index contributed by atoms with van der Waals surface area (Å²) in [5.74, 6) is 0.804. The molecule has 11 heteroatoms. The lowest BCUT2D eigenvalue weighted by Crippen LogP contribution is -2.31. The molecule has 0 radical (unpaired) electrons. The highest BCUT2D eigenvalue weighted by Gasteiger charge is 2.30. The summed E-state index contributed by atoms with van der Waals surface area (Å²) in [6.45, 7) is 1.72. The second kappa shape index (κ2) is 15.1. The van der Waals surface area contributed by atoms with Crippen LogP contribution in [-0.4, -0.2) is 58.5 Å². The highest BCUT2D eigenvalue weighted by molar-refractivity contribution is 5.82. The minimum atomic E-state index is -4.42. The number of primary amides is 1. The van der Waals surface area contributed by atoms with Crippen molar-refractivity contribution in [2.24, 2.45) is 11.7 Å². The minimum Gasteiger partial charge on any atom is -0.395 e. The number of rotatable bonds is 14. The van der Waals surface area contributed by atoms with Gasteiger partial charge in [0.1, 0.15) is 5.82 Å². The molecular formula is C35H42F3N5O3. The molecule has 1 fully saturated rings. The van der Waals surface area contributed by atoms with E-state index in [1.54, 1.807) is 0 Å². The van der Waals surface area contributed by atoms with E-state index >= 15 is 0 Å². The molecule has 3 aromatic carbocycles. The second-order valence-corrected chi connectivity index (χ2v) is 12.1. The van der Waals surface area contributed by atoms with Crippen LogP contribution in [0.3, 0.4) is 0 Å². The van der Waals surface area contributed by atoms with Gasteiger partial charge in [0.05, 0.1) is 29.8 Å². The zero-order valence-electron chi connectivity index (χ0n) is 25.8. The number of nitrogens with zero attached hydrogens (tertiary/aromatic N) is 3. The number of halogens is 3. The van der Waals surface area contributed by atoms with Gasteiger partial charge in [-0.1, -0.05) is 37.5 Å². The maximum atomic E-state index is 13.2. The van der Waals surface area contributed by atoms with Crippen LogP contribution in [0.15, 0.2) is 66.7 Å². The molecular weight excluding hydrogens is 595 g/mol. The van der Waals surface area contributed by atoms with Crippen LogP contribution in [-0.2, 0) is 17.5 Å². The molecule has 5 rings (SSSR count). The van der Waals surface area contributed by atoms with Crippen LogP contribution in [0.2, 0.25) is 0 Å². The van der Waals surface area contributed by atoms with Crippen molar-refractivity contribution in [2.45, 2.75) is 57.3 Å². The highest BCUT2D eigenvalue weighted by Crippen LogP contribution is 2.32. The van der Waals surface area contributed by atoms with E-state index in [0.29, 0.717) is 35.9 Å². The normalized spacial score (nSPS) is 14.9. The van der Waals surface area contributed by atoms with E-state index in [4.69, 9.17) is 10.7 Å². The first kappa shape index (κ1) is 33.4. The lowest BCUT2D eigenvalue weighted by atomic mass is 9.89. The lowest BCUT2D eigenvalue weighted by Gasteiger charge is -2.25. The van der Waals surface area contributed by atoms with Crippen LogP contribution in [0.5, 0.6) is 0 Å². The van der Waals surface area contributed by atoms with E-state index in [1.807, 2.05) is 51.9 Å². The predicted octanol–water partition coefficient (Wildman–Crippen LogP) is 5.65. The van der Waals surface area contributed by atoms with Crippen molar-refractivity contribution in [3.63, 3.8) is 0 Å². The summed E-state index contributed by atoms with van der Waals surface area (Å²) in [5, 5.41) is 22.5. The summed E-state index contributed by atoms with van der Waals surface area (Å²) < 4.78 is 41.7. The number of fused-ring (bicyclic) bond motifs is 1. The number of nitrogens with one attached hydrogen (secondary N) is 1. The van der Waals surface area contributed by atoms with Crippen molar-refractivity contribution in [2.75, 3.05) is 37.7 Å². The van der Waals surface area contributed by atoms with Gasteiger partial charge in [0.15, 0.2) is 0 Å². The summed E-state index contributed by atoms with van der Waals surface area (Å²) in [4.78, 5) is 18.9. The van der Waals surface area contributed by atoms with Gasteiger partial charge in [0, 0.05) is 43.3 Å². The Labute approximate surface area is 267 Å². The first-order valence-corrected chi connectivity index (χ1v) is 15.9. The van der Waals surface area contributed by atoms with Gasteiger partial charge in [-0.25, -0.2) is 4.98 Å². The van der Waals surface area contributed by atoms with E-state index < -0.39 is 17.6 Å². The maximum absolute atomic E-state index is 13.2. The summed E-state index contributed by atoms with van der Waals surface area (Å²) >= 11 is 0. The number of nitrogens with two attached hydrogens (primary N) is 1. The molecule has 4 aromatic rings. The third-order valence-corrected chi connectivity index (χ3v) is 8.81. The first-order chi connectivity index (χ1) is 22.2. The average Bonchev–Trinajstić information content (AvgIpc) is 3.40. The van der Waals surface area contributed by atoms with Crippen LogP contribution < -0.4 is 16.0 Å². The molecule has 1 aliphatic carbocycles. The molecule has 0 saturated heterocycles. The number of aliphatic hydroxyl groups excluding tert-OH is 2. The molecule has 0 bridgehead atoms. The smallest absolute Gasteiger partial charge is 0.395 e. The molecule has 8 nitrogen and oxygen atoms in total. The van der Waals surface area contributed by atoms with Crippen molar-refractivity contribution in [1.82, 2.24) is 14.9 Å². The van der Waals surface area contributed by atoms with E-state index in [9.17, 15) is 28.2 Å². The predicted molar refractivity (Wildman–Crippen MR) is 173 cm³/mol. The molecule has 1 heterocycles. The Balaban J connectivity index is 1.51. The third-order valence-electron chi connectivity index (χ3n) is 8.81. The largest absolute Gasteiger partial charge is 0.416 e. The third kappa shape index (κ3) is 8.26. The average molecular weight is 638 g/mol. The Morgan fingerprint density at radius 1 is 0.978 bits per heavy atom. The molecule has 1 aromatic heterocycles. The quantitative estimate of drug-likeness (QED) is 0.142. The Kier molecular flexibility index (Phi) is 11.0. The number of amides is 1. The Hall–Kier alpha value is -3.93. The van der Waals surface area contributed by atoms with Crippen LogP contribution >= 0.6 is 0 Å². The van der Waals surface area contributed by atoms with E-state index in [0.717, 1.165) is 41.0 Å². The lowest BCUT2D eigenvalue weighted by molar-refractivity contribution is -0.137. The Bertz CT molecular complexity index is 1580. The van der Waals surface area contributed by atoms with E-state index in [-0.39, 0.29) is 32.2 Å². The molecule has 46 heavy (non-hydrogen) atoms. The Morgan fingerprint density at radius 3 is 2.26 bits per heavy atom. The van der Waals surface area contributed by atoms with Gasteiger partial charge in [-0.3, -0.25) is 4.79 Å². The zero-order valence-corrected chi connectivity index (χ0v) is 25.8. The number of carbonyl (C=O) groups excluding carboxylic acids is 1. The van der Waals surface area contributed by atoms with Crippen molar-refractivity contribution >= 4 is 22.6 Å². The number of alkyl halides is 3. The SMILES string of the molecule is NC(=O)CC(NCC1CCCCC1)c1ccc2c(c1)nc(-c1ccc(N(CCO)CCO)cc1)n2Cc1ccc(C(F)(F)F)cc1. The molecule has 1 saturated carbocycles. The van der Waals surface area contributed by atoms with E-state index in [2.05, 4.69) is 5.32 Å². The number of benzene rings is 3. The topological polar surface area (TPSA) is 117 Å². The van der Waals surface area contributed by atoms with Gasteiger partial charge in [-0.15, -0.1) is 0 Å². The zero-order chi connectivity index (χ0) is 32.7. The van der Waals surface area contributed by atoms with Crippen molar-refractivity contribution in [3.05, 3.63) is 83.4 Å². The second-order valence-electron chi connectivity index (χ2n) is 12.1. The number of carbonyl (C=O) groups is 1. The van der Waals surface area contributed by atoms with Gasteiger partial charge in [-0.05, 0) is 85.0 Å². The number of anilines is 1. The van der Waals surface area contributed by atoms with Gasteiger partial charge < -0.3 is 30.7 Å². The first-order valence-electron chi connectivity index (χ1n) is 15.9. The molecule has 1 unspecified atom stereocenters. The van der Waals surface area contributed by atoms with Crippen LogP contribution in [0.1, 0.15) is 61.3 Å². The molecule has 5 N–H and O–H groups in total. The van der Waals surface area contributed by atoms with Crippen LogP contribution in [0.25, 0.3) is 22.4 Å². The molecule has 1 aliphatic rings. The highest BCUT2D eigenvalue weighted by atomic mass is 19.4. The fraction of sp³-hybridized carbons (Fsp3) is 0.429. The van der Waals surface area contributed by atoms with Crippen LogP contribution in [0, 0.1) is 5.92 Å². The molecule has 1 amide bonds. The fourth-order valence-corrected chi connectivity index (χ4v) is 6.37. The summed E-state index contributed by atoms with van der Waals surface area (Å²) in [7, 11) is 0. The number of aromatic nitrogens is 2. The van der Waals surface area contributed by atoms with Gasteiger partial charge in [-0.2, -0.15) is 13.2 Å². The standard InChI is InChI=1S/C35H42F3N5O3/c36-35(37,38)28-11-6-25(7-12-28)23-43-32-15-10-27(30(21-33(39)46)40-22-24-4-2-1-3-5-24)20-31(32)41-34(43)26-8-13-29(14-9-26)42(16-18-44)17-19-45/h6-15,20,24,30,40,44-45H,1-5,16-19,21-23H2,(H2,39,46). The summed E-state index contributed by atoms with van der Waals surface area (Å²) in [6.07, 6.45) is 1.78. The van der Waals surface area contributed by atoms with E-state index in [1.165, 1.54) is 44.2 Å². The summed E-state index contributed by atoms with van der Waals surface area (Å²) in [6, 6.07) is 18.3. The van der Waals surface area contributed by atoms with Gasteiger partial charge >= 0.3 is 6.18 Å². The number of aliphatic hydroxyl groups is 2. The van der Waals surface area contributed by atoms with Gasteiger partial charge in [0.2, 0.25) is 5.91 Å². The maximum Gasteiger partial charge on any atom is 0.416 e. The van der Waals surface area contributed by atoms with Crippen molar-refractivity contribution < 1.29 is 28.2 Å². The molecule has 0 aliphatic heterocycles. The minimum absolute atomic E-state index is 0.0563. The fourth-order valence-electron chi connectivity index (χ4n) is 6.37. The Morgan fingerprint density at radius 2 is 1.65 bits per heavy atom. The number of hydrogen-bond donors (Lipinski definition) is 4. The van der Waals surface area contributed by atoms with Gasteiger partial charge in [0.25, 0.3) is 0 Å². The molecule has 1 atom stereocenters. The summed E-state index contributed by atoms with van der Waals surface area (Å²) in [5.41, 5.74) is 9.65. The monoisotopic (exact) mass is 637 g/mol. The molecule has 0 spiro atoms. The number of hydrogen-bond acceptors (Lipinski definition) is 6. The van der Waals surface area contributed by atoms with Crippen molar-refractivity contribution in [1.29, 1.82) is 0 Å².